The number of anilines is 1. The first-order chi connectivity index (χ1) is 10.9. The van der Waals surface area contributed by atoms with Gasteiger partial charge in [0.2, 0.25) is 0 Å². The van der Waals surface area contributed by atoms with Crippen LogP contribution in [-0.4, -0.2) is 16.8 Å². The third-order valence-electron chi connectivity index (χ3n) is 3.80. The summed E-state index contributed by atoms with van der Waals surface area (Å²) in [5, 5.41) is 13.6. The molecule has 0 fully saturated rings. The first kappa shape index (κ1) is 15.5. The minimum atomic E-state index is -1.97. The van der Waals surface area contributed by atoms with Crippen LogP contribution in [0.25, 0.3) is 6.08 Å². The molecule has 1 amide bonds. The number of allylic oxidation sites excluding steroid dienone is 1. The summed E-state index contributed by atoms with van der Waals surface area (Å²) >= 11 is 6.14. The Kier molecular flexibility index (Phi) is 3.83. The Morgan fingerprint density at radius 3 is 2.91 bits per heavy atom. The molecule has 0 saturated heterocycles. The summed E-state index contributed by atoms with van der Waals surface area (Å²) in [5.74, 6) is -0.552. The van der Waals surface area contributed by atoms with E-state index in [2.05, 4.69) is 5.32 Å². The van der Waals surface area contributed by atoms with E-state index in [0.717, 1.165) is 5.56 Å². The fraction of sp³-hybridized carbons (Fsp3) is 0.176. The Morgan fingerprint density at radius 2 is 2.22 bits per heavy atom. The largest absolute Gasteiger partial charge is 0.465 e. The molecule has 2 N–H and O–H groups in total. The van der Waals surface area contributed by atoms with Crippen molar-refractivity contribution in [3.8, 4) is 0 Å². The van der Waals surface area contributed by atoms with Gasteiger partial charge in [-0.2, -0.15) is 0 Å². The highest BCUT2D eigenvalue weighted by atomic mass is 35.5. The minimum Gasteiger partial charge on any atom is -0.465 e. The quantitative estimate of drug-likeness (QED) is 0.844. The first-order valence-electron chi connectivity index (χ1n) is 6.99. The number of carbonyl (C=O) groups is 2. The summed E-state index contributed by atoms with van der Waals surface area (Å²) in [5.41, 5.74) is -0.479. The molecule has 6 heteroatoms. The van der Waals surface area contributed by atoms with E-state index in [9.17, 15) is 14.7 Å². The van der Waals surface area contributed by atoms with Crippen LogP contribution in [0.15, 0.2) is 41.0 Å². The molecule has 1 atom stereocenters. The highest BCUT2D eigenvalue weighted by Gasteiger charge is 2.48. The van der Waals surface area contributed by atoms with Crippen molar-refractivity contribution >= 4 is 35.1 Å². The van der Waals surface area contributed by atoms with E-state index < -0.39 is 23.7 Å². The second-order valence-electron chi connectivity index (χ2n) is 5.42. The van der Waals surface area contributed by atoms with Crippen LogP contribution < -0.4 is 5.32 Å². The number of fused-ring (bicyclic) bond motifs is 1. The molecule has 1 unspecified atom stereocenters. The van der Waals surface area contributed by atoms with E-state index in [1.165, 1.54) is 18.4 Å². The Bertz CT molecular complexity index is 810. The molecule has 0 spiro atoms. The van der Waals surface area contributed by atoms with Gasteiger partial charge in [-0.15, -0.1) is 0 Å². The van der Waals surface area contributed by atoms with E-state index in [1.54, 1.807) is 31.2 Å². The molecule has 1 aliphatic heterocycles. The molecule has 2 heterocycles. The summed E-state index contributed by atoms with van der Waals surface area (Å²) in [6.45, 7) is 1.79. The van der Waals surface area contributed by atoms with Gasteiger partial charge in [-0.05, 0) is 42.8 Å². The minimum absolute atomic E-state index is 0.245. The van der Waals surface area contributed by atoms with Crippen LogP contribution in [0.3, 0.4) is 0 Å². The molecule has 1 aliphatic rings. The third-order valence-corrected chi connectivity index (χ3v) is 4.11. The standard InChI is InChI=1S/C17H14ClNO4/c1-10-4-7-13(18)14-15(10)19-16(21)17(14,22)9-11(20)5-6-12-3-2-8-23-12/h2-8,22H,9H2,1H3,(H,19,21). The van der Waals surface area contributed by atoms with Crippen molar-refractivity contribution in [1.29, 1.82) is 0 Å². The molecule has 1 aromatic heterocycles. The van der Waals surface area contributed by atoms with Gasteiger partial charge in [0.15, 0.2) is 11.4 Å². The molecule has 5 nitrogen and oxygen atoms in total. The monoisotopic (exact) mass is 331 g/mol. The van der Waals surface area contributed by atoms with E-state index in [4.69, 9.17) is 16.0 Å². The lowest BCUT2D eigenvalue weighted by molar-refractivity contribution is -0.138. The van der Waals surface area contributed by atoms with Crippen molar-refractivity contribution in [2.45, 2.75) is 18.9 Å². The maximum atomic E-state index is 12.2. The summed E-state index contributed by atoms with van der Waals surface area (Å²) in [7, 11) is 0. The third kappa shape index (κ3) is 2.69. The van der Waals surface area contributed by atoms with Crippen LogP contribution in [0, 0.1) is 6.92 Å². The fourth-order valence-electron chi connectivity index (χ4n) is 2.62. The smallest absolute Gasteiger partial charge is 0.261 e. The van der Waals surface area contributed by atoms with Gasteiger partial charge in [0, 0.05) is 10.6 Å². The molecular weight excluding hydrogens is 318 g/mol. The normalized spacial score (nSPS) is 19.9. The second-order valence-corrected chi connectivity index (χ2v) is 5.83. The number of furan rings is 1. The molecule has 2 aromatic rings. The number of benzene rings is 1. The maximum absolute atomic E-state index is 12.2. The van der Waals surface area contributed by atoms with Crippen molar-refractivity contribution in [2.24, 2.45) is 0 Å². The molecule has 0 bridgehead atoms. The van der Waals surface area contributed by atoms with Gasteiger partial charge >= 0.3 is 0 Å². The molecule has 0 aliphatic carbocycles. The van der Waals surface area contributed by atoms with E-state index >= 15 is 0 Å². The fourth-order valence-corrected chi connectivity index (χ4v) is 2.93. The number of rotatable bonds is 4. The van der Waals surface area contributed by atoms with E-state index in [-0.39, 0.29) is 10.6 Å². The Labute approximate surface area is 137 Å². The SMILES string of the molecule is Cc1ccc(Cl)c2c1NC(=O)C2(O)CC(=O)C=Cc1ccco1. The number of nitrogens with one attached hydrogen (secondary N) is 1. The number of aryl methyl sites for hydroxylation is 1. The summed E-state index contributed by atoms with van der Waals surface area (Å²) in [6.07, 6.45) is 3.84. The average Bonchev–Trinajstić information content (AvgIpc) is 3.09. The van der Waals surface area contributed by atoms with Gasteiger partial charge in [0.1, 0.15) is 5.76 Å². The van der Waals surface area contributed by atoms with Crippen molar-refractivity contribution in [3.05, 3.63) is 58.5 Å². The average molecular weight is 332 g/mol. The maximum Gasteiger partial charge on any atom is 0.261 e. The van der Waals surface area contributed by atoms with Gasteiger partial charge in [0.25, 0.3) is 5.91 Å². The Morgan fingerprint density at radius 1 is 1.43 bits per heavy atom. The lowest BCUT2D eigenvalue weighted by Gasteiger charge is -2.20. The van der Waals surface area contributed by atoms with Gasteiger partial charge in [0.05, 0.1) is 18.4 Å². The van der Waals surface area contributed by atoms with Gasteiger partial charge < -0.3 is 14.8 Å². The molecule has 23 heavy (non-hydrogen) atoms. The molecule has 3 rings (SSSR count). The van der Waals surface area contributed by atoms with Crippen LogP contribution in [0.4, 0.5) is 5.69 Å². The molecule has 0 radical (unpaired) electrons. The number of aliphatic hydroxyl groups is 1. The molecule has 118 valence electrons. The van der Waals surface area contributed by atoms with Crippen molar-refractivity contribution in [1.82, 2.24) is 0 Å². The van der Waals surface area contributed by atoms with Crippen LogP contribution in [-0.2, 0) is 15.2 Å². The van der Waals surface area contributed by atoms with Crippen molar-refractivity contribution in [3.63, 3.8) is 0 Å². The lowest BCUT2D eigenvalue weighted by atomic mass is 9.89. The van der Waals surface area contributed by atoms with E-state index in [0.29, 0.717) is 11.4 Å². The highest BCUT2D eigenvalue weighted by molar-refractivity contribution is 6.33. The number of hydrogen-bond acceptors (Lipinski definition) is 4. The van der Waals surface area contributed by atoms with Crippen molar-refractivity contribution < 1.29 is 19.1 Å². The number of carbonyl (C=O) groups excluding carboxylic acids is 2. The molecule has 1 aromatic carbocycles. The summed E-state index contributed by atoms with van der Waals surface area (Å²) in [4.78, 5) is 24.4. The summed E-state index contributed by atoms with van der Waals surface area (Å²) < 4.78 is 5.09. The molecular formula is C17H14ClNO4. The predicted molar refractivity (Wildman–Crippen MR) is 86.1 cm³/mol. The van der Waals surface area contributed by atoms with Crippen LogP contribution >= 0.6 is 11.6 Å². The van der Waals surface area contributed by atoms with Gasteiger partial charge in [-0.1, -0.05) is 17.7 Å². The Balaban J connectivity index is 1.90. The van der Waals surface area contributed by atoms with E-state index in [1.807, 2.05) is 0 Å². The van der Waals surface area contributed by atoms with Crippen LogP contribution in [0.2, 0.25) is 5.02 Å². The zero-order valence-corrected chi connectivity index (χ0v) is 13.1. The predicted octanol–water partition coefficient (Wildman–Crippen LogP) is 3.05. The molecule has 0 saturated carbocycles. The second kappa shape index (κ2) is 5.68. The van der Waals surface area contributed by atoms with Gasteiger partial charge in [-0.3, -0.25) is 9.59 Å². The van der Waals surface area contributed by atoms with Crippen LogP contribution in [0.1, 0.15) is 23.3 Å². The van der Waals surface area contributed by atoms with Crippen LogP contribution in [0.5, 0.6) is 0 Å². The Hall–Kier alpha value is -2.37. The topological polar surface area (TPSA) is 79.5 Å². The lowest BCUT2D eigenvalue weighted by Crippen LogP contribution is -2.36. The number of amides is 1. The van der Waals surface area contributed by atoms with Crippen molar-refractivity contribution in [2.75, 3.05) is 5.32 Å². The highest BCUT2D eigenvalue weighted by Crippen LogP contribution is 2.44. The zero-order chi connectivity index (χ0) is 16.6. The number of halogens is 1. The number of hydrogen-bond donors (Lipinski definition) is 2. The summed E-state index contributed by atoms with van der Waals surface area (Å²) in [6, 6.07) is 6.73. The van der Waals surface area contributed by atoms with Gasteiger partial charge in [-0.25, -0.2) is 0 Å². The first-order valence-corrected chi connectivity index (χ1v) is 7.37. The zero-order valence-electron chi connectivity index (χ0n) is 12.3. The number of ketones is 1.